The third-order valence-electron chi connectivity index (χ3n) is 2.98. The lowest BCUT2D eigenvalue weighted by molar-refractivity contribution is 0.410. The van der Waals surface area contributed by atoms with Crippen molar-refractivity contribution in [2.24, 2.45) is 0 Å². The molecule has 0 aliphatic rings. The molecule has 0 aliphatic carbocycles. The molecule has 0 spiro atoms. The lowest BCUT2D eigenvalue weighted by atomic mass is 10.1. The van der Waals surface area contributed by atoms with Gasteiger partial charge in [0.1, 0.15) is 5.75 Å². The Morgan fingerprint density at radius 2 is 2.00 bits per heavy atom. The zero-order valence-corrected chi connectivity index (χ0v) is 12.5. The Hall–Kier alpha value is -2.37. The first-order valence-electron chi connectivity index (χ1n) is 7.13. The van der Waals surface area contributed by atoms with E-state index in [1.165, 1.54) is 5.56 Å². The Bertz CT molecular complexity index is 561. The van der Waals surface area contributed by atoms with Crippen LogP contribution in [0.3, 0.4) is 0 Å². The van der Waals surface area contributed by atoms with Gasteiger partial charge in [0.05, 0.1) is 13.3 Å². The van der Waals surface area contributed by atoms with Crippen LogP contribution in [0.5, 0.6) is 5.75 Å². The van der Waals surface area contributed by atoms with Gasteiger partial charge in [-0.25, -0.2) is 0 Å². The first kappa shape index (κ1) is 15.0. The van der Waals surface area contributed by atoms with Crippen LogP contribution in [0.2, 0.25) is 0 Å². The minimum absolute atomic E-state index is 0.555. The molecular weight excluding hydrogens is 266 g/mol. The highest BCUT2D eigenvalue weighted by Crippen LogP contribution is 2.17. The second kappa shape index (κ2) is 8.04. The fourth-order valence-corrected chi connectivity index (χ4v) is 1.94. The maximum atomic E-state index is 5.34. The molecule has 6 heteroatoms. The predicted molar refractivity (Wildman–Crippen MR) is 83.8 cm³/mol. The number of rotatable bonds is 8. The summed E-state index contributed by atoms with van der Waals surface area (Å²) < 4.78 is 5.34. The maximum Gasteiger partial charge on any atom is 0.244 e. The van der Waals surface area contributed by atoms with Gasteiger partial charge in [0.15, 0.2) is 5.82 Å². The van der Waals surface area contributed by atoms with Gasteiger partial charge in [0, 0.05) is 13.1 Å². The lowest BCUT2D eigenvalue weighted by Gasteiger charge is -2.09. The molecular formula is C15H21N5O. The summed E-state index contributed by atoms with van der Waals surface area (Å²) >= 11 is 0. The topological polar surface area (TPSA) is 72.0 Å². The molecule has 0 unspecified atom stereocenters. The fraction of sp³-hybridized carbons (Fsp3) is 0.400. The van der Waals surface area contributed by atoms with Crippen molar-refractivity contribution in [1.29, 1.82) is 0 Å². The Labute approximate surface area is 125 Å². The van der Waals surface area contributed by atoms with Crippen LogP contribution in [-0.4, -0.2) is 35.4 Å². The summed E-state index contributed by atoms with van der Waals surface area (Å²) in [6.07, 6.45) is 3.50. The number of hydrogen-bond acceptors (Lipinski definition) is 6. The van der Waals surface area contributed by atoms with Crippen molar-refractivity contribution in [3.05, 3.63) is 36.0 Å². The van der Waals surface area contributed by atoms with Crippen molar-refractivity contribution in [1.82, 2.24) is 15.2 Å². The summed E-state index contributed by atoms with van der Waals surface area (Å²) in [7, 11) is 1.69. The molecule has 0 atom stereocenters. The van der Waals surface area contributed by atoms with Crippen molar-refractivity contribution in [3.63, 3.8) is 0 Å². The number of methoxy groups -OCH3 is 1. The molecule has 2 N–H and O–H groups in total. The summed E-state index contributed by atoms with van der Waals surface area (Å²) in [5.41, 5.74) is 1.17. The summed E-state index contributed by atoms with van der Waals surface area (Å²) in [6, 6.07) is 8.01. The zero-order valence-electron chi connectivity index (χ0n) is 12.5. The summed E-state index contributed by atoms with van der Waals surface area (Å²) in [5, 5.41) is 14.2. The van der Waals surface area contributed by atoms with Crippen LogP contribution in [-0.2, 0) is 6.42 Å². The molecule has 0 bridgehead atoms. The molecule has 0 radical (unpaired) electrons. The second-order valence-corrected chi connectivity index (χ2v) is 4.58. The average Bonchev–Trinajstić information content (AvgIpc) is 2.54. The van der Waals surface area contributed by atoms with Crippen LogP contribution >= 0.6 is 0 Å². The highest BCUT2D eigenvalue weighted by Gasteiger charge is 2.03. The second-order valence-electron chi connectivity index (χ2n) is 4.58. The predicted octanol–water partition coefficient (Wildman–Crippen LogP) is 2.36. The van der Waals surface area contributed by atoms with E-state index >= 15 is 0 Å². The van der Waals surface area contributed by atoms with E-state index in [1.54, 1.807) is 13.3 Å². The van der Waals surface area contributed by atoms with Crippen LogP contribution in [0, 0.1) is 0 Å². The Balaban J connectivity index is 1.88. The molecule has 1 aromatic heterocycles. The molecule has 2 rings (SSSR count). The van der Waals surface area contributed by atoms with Gasteiger partial charge in [-0.3, -0.25) is 0 Å². The summed E-state index contributed by atoms with van der Waals surface area (Å²) in [4.78, 5) is 4.36. The van der Waals surface area contributed by atoms with E-state index in [1.807, 2.05) is 18.2 Å². The zero-order chi connectivity index (χ0) is 14.9. The van der Waals surface area contributed by atoms with E-state index in [2.05, 4.69) is 38.8 Å². The summed E-state index contributed by atoms with van der Waals surface area (Å²) in [5.74, 6) is 2.18. The van der Waals surface area contributed by atoms with Crippen LogP contribution in [0.4, 0.5) is 11.8 Å². The standard InChI is InChI=1S/C15H21N5O/c1-3-9-17-15-19-14(11-18-20-15)16-10-8-12-6-4-5-7-13(12)21-2/h4-7,11H,3,8-10H2,1-2H3,(H2,16,17,19,20). The van der Waals surface area contributed by atoms with Gasteiger partial charge in [-0.2, -0.15) is 10.1 Å². The molecule has 1 heterocycles. The molecule has 2 aromatic rings. The number of para-hydroxylation sites is 1. The lowest BCUT2D eigenvalue weighted by Crippen LogP contribution is -2.10. The molecule has 0 saturated carbocycles. The Kier molecular flexibility index (Phi) is 5.75. The molecule has 0 fully saturated rings. The van der Waals surface area contributed by atoms with Gasteiger partial charge >= 0.3 is 0 Å². The number of nitrogens with one attached hydrogen (secondary N) is 2. The molecule has 0 aliphatic heterocycles. The highest BCUT2D eigenvalue weighted by atomic mass is 16.5. The van der Waals surface area contributed by atoms with Crippen LogP contribution < -0.4 is 15.4 Å². The van der Waals surface area contributed by atoms with E-state index in [-0.39, 0.29) is 0 Å². The average molecular weight is 287 g/mol. The molecule has 21 heavy (non-hydrogen) atoms. The first-order chi connectivity index (χ1) is 10.3. The maximum absolute atomic E-state index is 5.34. The number of benzene rings is 1. The third kappa shape index (κ3) is 4.59. The quantitative estimate of drug-likeness (QED) is 0.776. The fourth-order valence-electron chi connectivity index (χ4n) is 1.94. The van der Waals surface area contributed by atoms with Crippen molar-refractivity contribution in [2.45, 2.75) is 19.8 Å². The Morgan fingerprint density at radius 1 is 1.14 bits per heavy atom. The SMILES string of the molecule is CCCNc1nncc(NCCc2ccccc2OC)n1. The number of hydrogen-bond donors (Lipinski definition) is 2. The van der Waals surface area contributed by atoms with Crippen molar-refractivity contribution >= 4 is 11.8 Å². The highest BCUT2D eigenvalue weighted by molar-refractivity contribution is 5.38. The van der Waals surface area contributed by atoms with Crippen LogP contribution in [0.1, 0.15) is 18.9 Å². The van der Waals surface area contributed by atoms with Gasteiger partial charge in [0.25, 0.3) is 0 Å². The van der Waals surface area contributed by atoms with Crippen molar-refractivity contribution < 1.29 is 4.74 Å². The number of anilines is 2. The Morgan fingerprint density at radius 3 is 2.81 bits per heavy atom. The van der Waals surface area contributed by atoms with Crippen LogP contribution in [0.15, 0.2) is 30.5 Å². The first-order valence-corrected chi connectivity index (χ1v) is 7.13. The number of aromatic nitrogens is 3. The number of ether oxygens (including phenoxy) is 1. The van der Waals surface area contributed by atoms with Crippen molar-refractivity contribution in [2.75, 3.05) is 30.8 Å². The van der Waals surface area contributed by atoms with E-state index in [4.69, 9.17) is 4.74 Å². The van der Waals surface area contributed by atoms with Gasteiger partial charge < -0.3 is 15.4 Å². The van der Waals surface area contributed by atoms with Crippen LogP contribution in [0.25, 0.3) is 0 Å². The van der Waals surface area contributed by atoms with E-state index in [9.17, 15) is 0 Å². The van der Waals surface area contributed by atoms with Gasteiger partial charge in [-0.1, -0.05) is 25.1 Å². The molecule has 0 saturated heterocycles. The van der Waals surface area contributed by atoms with E-state index in [0.717, 1.165) is 37.5 Å². The van der Waals surface area contributed by atoms with Gasteiger partial charge in [-0.05, 0) is 24.5 Å². The van der Waals surface area contributed by atoms with Gasteiger partial charge in [-0.15, -0.1) is 5.10 Å². The third-order valence-corrected chi connectivity index (χ3v) is 2.98. The molecule has 1 aromatic carbocycles. The monoisotopic (exact) mass is 287 g/mol. The number of nitrogens with zero attached hydrogens (tertiary/aromatic N) is 3. The minimum atomic E-state index is 0.555. The normalized spacial score (nSPS) is 10.2. The minimum Gasteiger partial charge on any atom is -0.496 e. The molecule has 112 valence electrons. The summed E-state index contributed by atoms with van der Waals surface area (Å²) in [6.45, 7) is 3.69. The van der Waals surface area contributed by atoms with E-state index < -0.39 is 0 Å². The van der Waals surface area contributed by atoms with E-state index in [0.29, 0.717) is 5.95 Å². The smallest absolute Gasteiger partial charge is 0.244 e. The van der Waals surface area contributed by atoms with Gasteiger partial charge in [0.2, 0.25) is 5.95 Å². The molecule has 6 nitrogen and oxygen atoms in total. The van der Waals surface area contributed by atoms with Crippen molar-refractivity contribution in [3.8, 4) is 5.75 Å². The molecule has 0 amide bonds. The largest absolute Gasteiger partial charge is 0.496 e.